The zero-order valence-corrected chi connectivity index (χ0v) is 49.7. The van der Waals surface area contributed by atoms with Gasteiger partial charge < -0.3 is 69.5 Å². The van der Waals surface area contributed by atoms with E-state index in [0.29, 0.717) is 24.0 Å². The standard InChI is InChI=1S/C60H93N13O10/c1-34(2)28-43-53(76)68-45(30-38-18-11-9-12-19-38)59(82)72-27-17-24-47(72)55(78)70-49(36(5)6)57(80)64-41(22-15-25-61)51(74)67-44(29-35(3)4)54(77)69-46(31-39-20-13-10-14-21-39)60(83)73-33-40(63)32-48(73)56(79)71-50(37(7)8)58(81)65-42(23-16-26-62)52(75)66-43/h9-14,18-21,34-37,40-50H,15-17,22-33,61-63H2,1-8H3,(H,64,80)(H,65,81)(H,66,75)(H,67,74)(H,68,76)(H,69,77)(H,70,78)(H,71,79)/t40-,41-,42-,43-,44-,45+,46+,47-,48-,49-,50-/m0/s1. The van der Waals surface area contributed by atoms with Gasteiger partial charge in [0.25, 0.3) is 0 Å². The third-order valence-corrected chi connectivity index (χ3v) is 15.4. The molecule has 10 amide bonds. The van der Waals surface area contributed by atoms with Gasteiger partial charge in [-0.1, -0.05) is 116 Å². The molecule has 23 heteroatoms. The average Bonchev–Trinajstić information content (AvgIpc) is 4.25. The molecule has 458 valence electrons. The zero-order valence-electron chi connectivity index (χ0n) is 49.7. The lowest BCUT2D eigenvalue weighted by atomic mass is 9.98. The van der Waals surface area contributed by atoms with Crippen molar-refractivity contribution in [3.63, 3.8) is 0 Å². The number of carbonyl (C=O) groups excluding carboxylic acids is 10. The summed E-state index contributed by atoms with van der Waals surface area (Å²) in [4.78, 5) is 149. The molecule has 3 saturated heterocycles. The van der Waals surface area contributed by atoms with E-state index >= 15 is 0 Å². The van der Waals surface area contributed by atoms with Gasteiger partial charge in [-0.25, -0.2) is 0 Å². The summed E-state index contributed by atoms with van der Waals surface area (Å²) in [6, 6.07) is 5.13. The van der Waals surface area contributed by atoms with Crippen LogP contribution in [0.5, 0.6) is 0 Å². The summed E-state index contributed by atoms with van der Waals surface area (Å²) in [5, 5.41) is 22.7. The normalized spacial score (nSPS) is 27.3. The summed E-state index contributed by atoms with van der Waals surface area (Å²) in [5.74, 6) is -8.14. The van der Waals surface area contributed by atoms with Gasteiger partial charge in [0.05, 0.1) is 0 Å². The molecule has 3 aliphatic rings. The molecular weight excluding hydrogens is 1060 g/mol. The van der Waals surface area contributed by atoms with Crippen LogP contribution in [0.1, 0.15) is 124 Å². The van der Waals surface area contributed by atoms with E-state index < -0.39 is 137 Å². The van der Waals surface area contributed by atoms with Gasteiger partial charge in [-0.3, -0.25) is 47.9 Å². The van der Waals surface area contributed by atoms with E-state index in [1.165, 1.54) is 9.80 Å². The van der Waals surface area contributed by atoms with Gasteiger partial charge >= 0.3 is 0 Å². The molecule has 23 nitrogen and oxygen atoms in total. The molecule has 0 unspecified atom stereocenters. The van der Waals surface area contributed by atoms with Gasteiger partial charge in [0.1, 0.15) is 60.4 Å². The topological polar surface area (TPSA) is 351 Å². The quantitative estimate of drug-likeness (QED) is 0.107. The highest BCUT2D eigenvalue weighted by Gasteiger charge is 2.45. The molecule has 14 N–H and O–H groups in total. The number of benzene rings is 2. The molecule has 5 rings (SSSR count). The maximum absolute atomic E-state index is 15.0. The summed E-state index contributed by atoms with van der Waals surface area (Å²) >= 11 is 0. The van der Waals surface area contributed by atoms with Crippen molar-refractivity contribution < 1.29 is 47.9 Å². The van der Waals surface area contributed by atoms with Crippen LogP contribution in [-0.2, 0) is 60.8 Å². The van der Waals surface area contributed by atoms with E-state index in [-0.39, 0.29) is 95.8 Å². The first kappa shape index (κ1) is 66.8. The molecule has 0 aliphatic carbocycles. The first-order chi connectivity index (χ1) is 39.4. The van der Waals surface area contributed by atoms with Crippen molar-refractivity contribution in [2.45, 2.75) is 192 Å². The van der Waals surface area contributed by atoms with Crippen LogP contribution in [0.2, 0.25) is 0 Å². The molecule has 0 spiro atoms. The van der Waals surface area contributed by atoms with E-state index in [1.54, 1.807) is 82.3 Å². The predicted octanol–water partition coefficient (Wildman–Crippen LogP) is 0.165. The van der Waals surface area contributed by atoms with Gasteiger partial charge in [-0.2, -0.15) is 0 Å². The highest BCUT2D eigenvalue weighted by Crippen LogP contribution is 2.24. The van der Waals surface area contributed by atoms with Crippen LogP contribution < -0.4 is 59.7 Å². The molecule has 3 heterocycles. The Balaban J connectivity index is 1.60. The Morgan fingerprint density at radius 2 is 0.831 bits per heavy atom. The number of nitrogens with one attached hydrogen (secondary N) is 8. The fourth-order valence-corrected chi connectivity index (χ4v) is 10.9. The lowest BCUT2D eigenvalue weighted by Crippen LogP contribution is -2.62. The number of hydrogen-bond donors (Lipinski definition) is 11. The van der Waals surface area contributed by atoms with Crippen molar-refractivity contribution in [1.82, 2.24) is 52.3 Å². The number of amides is 10. The first-order valence-electron chi connectivity index (χ1n) is 29.7. The fourth-order valence-electron chi connectivity index (χ4n) is 10.9. The Morgan fingerprint density at radius 1 is 0.458 bits per heavy atom. The molecule has 3 fully saturated rings. The summed E-state index contributed by atoms with van der Waals surface area (Å²) < 4.78 is 0. The van der Waals surface area contributed by atoms with Crippen LogP contribution in [0, 0.1) is 23.7 Å². The fraction of sp³-hybridized carbons (Fsp3) is 0.633. The van der Waals surface area contributed by atoms with E-state index in [9.17, 15) is 47.9 Å². The van der Waals surface area contributed by atoms with Gasteiger partial charge in [0.2, 0.25) is 59.1 Å². The monoisotopic (exact) mass is 1160 g/mol. The van der Waals surface area contributed by atoms with Crippen LogP contribution >= 0.6 is 0 Å². The molecule has 2 aromatic carbocycles. The van der Waals surface area contributed by atoms with Crippen molar-refractivity contribution in [3.05, 3.63) is 71.8 Å². The van der Waals surface area contributed by atoms with Crippen LogP contribution in [0.4, 0.5) is 0 Å². The Labute approximate surface area is 489 Å². The number of fused-ring (bicyclic) bond motifs is 2. The van der Waals surface area contributed by atoms with Crippen LogP contribution in [0.25, 0.3) is 0 Å². The second-order valence-electron chi connectivity index (χ2n) is 24.0. The van der Waals surface area contributed by atoms with Crippen molar-refractivity contribution >= 4 is 59.1 Å². The number of rotatable bonds is 16. The van der Waals surface area contributed by atoms with Crippen LogP contribution in [-0.4, -0.2) is 162 Å². The third kappa shape index (κ3) is 19.6. The number of nitrogens with zero attached hydrogens (tertiary/aromatic N) is 2. The Bertz CT molecular complexity index is 2530. The highest BCUT2D eigenvalue weighted by molar-refractivity contribution is 6.00. The van der Waals surface area contributed by atoms with Gasteiger partial charge in [-0.15, -0.1) is 0 Å². The largest absolute Gasteiger partial charge is 0.343 e. The lowest BCUT2D eigenvalue weighted by Gasteiger charge is -2.33. The Hall–Kier alpha value is -6.98. The number of nitrogens with two attached hydrogens (primary N) is 3. The molecule has 83 heavy (non-hydrogen) atoms. The lowest BCUT2D eigenvalue weighted by molar-refractivity contribution is -0.143. The summed E-state index contributed by atoms with van der Waals surface area (Å²) in [6.45, 7) is 14.7. The minimum Gasteiger partial charge on any atom is -0.343 e. The smallest absolute Gasteiger partial charge is 0.246 e. The number of hydrogen-bond acceptors (Lipinski definition) is 13. The summed E-state index contributed by atoms with van der Waals surface area (Å²) in [6.07, 6.45) is 1.62. The molecule has 2 aromatic rings. The zero-order chi connectivity index (χ0) is 61.1. The van der Waals surface area contributed by atoms with E-state index in [1.807, 2.05) is 33.8 Å². The summed E-state index contributed by atoms with van der Waals surface area (Å²) in [7, 11) is 0. The molecule has 0 bridgehead atoms. The van der Waals surface area contributed by atoms with E-state index in [2.05, 4.69) is 42.5 Å². The maximum Gasteiger partial charge on any atom is 0.246 e. The van der Waals surface area contributed by atoms with E-state index in [4.69, 9.17) is 17.2 Å². The summed E-state index contributed by atoms with van der Waals surface area (Å²) in [5.41, 5.74) is 19.7. The predicted molar refractivity (Wildman–Crippen MR) is 314 cm³/mol. The SMILES string of the molecule is CC(C)C[C@@H]1NC(=O)[C@H](CCCN)NC(=O)[C@H](C(C)C)NC(=O)[C@@H]2C[C@H](N)CN2C(=O)[C@@H](Cc2ccccc2)NC(=O)[C@H](CC(C)C)NC(=O)[C@H](CCCN)NC(=O)[C@H](C(C)C)NC(=O)[C@@H]2CCCN2C(=O)[C@@H](Cc2ccccc2)NC1=O. The molecule has 3 aliphatic heterocycles. The first-order valence-corrected chi connectivity index (χ1v) is 29.7. The van der Waals surface area contributed by atoms with E-state index in [0.717, 1.165) is 0 Å². The Morgan fingerprint density at radius 3 is 1.23 bits per heavy atom. The minimum absolute atomic E-state index is 0.0105. The highest BCUT2D eigenvalue weighted by atomic mass is 16.2. The maximum atomic E-state index is 15.0. The Kier molecular flexibility index (Phi) is 25.9. The van der Waals surface area contributed by atoms with Gasteiger partial charge in [0, 0.05) is 32.0 Å². The van der Waals surface area contributed by atoms with Crippen molar-refractivity contribution in [1.29, 1.82) is 0 Å². The van der Waals surface area contributed by atoms with Gasteiger partial charge in [0.15, 0.2) is 0 Å². The third-order valence-electron chi connectivity index (χ3n) is 15.4. The van der Waals surface area contributed by atoms with Crippen molar-refractivity contribution in [2.75, 3.05) is 26.2 Å². The van der Waals surface area contributed by atoms with Crippen LogP contribution in [0.15, 0.2) is 60.7 Å². The molecular formula is C60H93N13O10. The minimum atomic E-state index is -1.28. The van der Waals surface area contributed by atoms with Crippen molar-refractivity contribution in [3.8, 4) is 0 Å². The van der Waals surface area contributed by atoms with Gasteiger partial charge in [-0.05, 0) is 106 Å². The average molecular weight is 1160 g/mol. The second kappa shape index (κ2) is 32.2. The molecule has 0 saturated carbocycles. The second-order valence-corrected chi connectivity index (χ2v) is 24.0. The van der Waals surface area contributed by atoms with Crippen molar-refractivity contribution in [2.24, 2.45) is 40.9 Å². The van der Waals surface area contributed by atoms with Crippen LogP contribution in [0.3, 0.4) is 0 Å². The molecule has 0 aromatic heterocycles. The number of carbonyl (C=O) groups is 10. The molecule has 0 radical (unpaired) electrons. The molecule has 11 atom stereocenters.